The molecule has 5 heteroatoms. The molecule has 1 aromatic rings. The number of β-amino-alcohol motifs (C(OH)–C–C–N with tert-alkyl or cyclic N) is 1. The lowest BCUT2D eigenvalue weighted by molar-refractivity contribution is -0.129. The highest BCUT2D eigenvalue weighted by molar-refractivity contribution is 9.10. The Bertz CT molecular complexity index is 459. The Morgan fingerprint density at radius 3 is 2.79 bits per heavy atom. The van der Waals surface area contributed by atoms with E-state index in [4.69, 9.17) is 0 Å². The van der Waals surface area contributed by atoms with Crippen molar-refractivity contribution in [2.24, 2.45) is 0 Å². The Labute approximate surface area is 121 Å². The number of para-hydroxylation sites is 1. The van der Waals surface area contributed by atoms with Crippen molar-refractivity contribution in [2.45, 2.75) is 25.4 Å². The molecule has 0 aromatic heterocycles. The number of carbonyl (C=O) groups excluding carboxylic acids is 1. The number of hydrogen-bond donors (Lipinski definition) is 2. The molecule has 1 aromatic carbocycles. The van der Waals surface area contributed by atoms with Crippen molar-refractivity contribution in [2.75, 3.05) is 25.0 Å². The summed E-state index contributed by atoms with van der Waals surface area (Å²) in [6, 6.07) is 7.52. The van der Waals surface area contributed by atoms with Gasteiger partial charge in [-0.3, -0.25) is 9.69 Å². The summed E-state index contributed by atoms with van der Waals surface area (Å²) < 4.78 is 0.870. The van der Waals surface area contributed by atoms with Crippen LogP contribution in [0.5, 0.6) is 0 Å². The first-order chi connectivity index (χ1) is 9.02. The lowest BCUT2D eigenvalue weighted by Gasteiger charge is -2.46. The fourth-order valence-corrected chi connectivity index (χ4v) is 2.86. The fraction of sp³-hybridized carbons (Fsp3) is 0.500. The van der Waals surface area contributed by atoms with Crippen LogP contribution < -0.4 is 5.32 Å². The maximum Gasteiger partial charge on any atom is 0.238 e. The molecule has 1 aliphatic heterocycles. The zero-order valence-electron chi connectivity index (χ0n) is 11.0. The highest BCUT2D eigenvalue weighted by atomic mass is 79.9. The Morgan fingerprint density at radius 2 is 2.16 bits per heavy atom. The molecule has 0 radical (unpaired) electrons. The van der Waals surface area contributed by atoms with Gasteiger partial charge in [-0.05, 0) is 34.5 Å². The smallest absolute Gasteiger partial charge is 0.238 e. The first kappa shape index (κ1) is 14.5. The summed E-state index contributed by atoms with van der Waals surface area (Å²) in [6.07, 6.45) is 1.77. The molecule has 19 heavy (non-hydrogen) atoms. The number of rotatable bonds is 5. The number of carbonyl (C=O) groups is 1. The Hall–Kier alpha value is -0.910. The molecule has 1 aliphatic rings. The minimum Gasteiger partial charge on any atom is -0.387 e. The molecule has 0 bridgehead atoms. The molecule has 0 spiro atoms. The molecule has 0 atom stereocenters. The summed E-state index contributed by atoms with van der Waals surface area (Å²) in [5.74, 6) is -0.0505. The van der Waals surface area contributed by atoms with Crippen molar-refractivity contribution in [1.29, 1.82) is 0 Å². The number of nitrogens with one attached hydrogen (secondary N) is 1. The quantitative estimate of drug-likeness (QED) is 0.872. The maximum absolute atomic E-state index is 11.9. The molecule has 1 heterocycles. The van der Waals surface area contributed by atoms with Gasteiger partial charge in [-0.1, -0.05) is 25.5 Å². The van der Waals surface area contributed by atoms with Crippen LogP contribution in [0, 0.1) is 0 Å². The molecule has 4 nitrogen and oxygen atoms in total. The van der Waals surface area contributed by atoms with Crippen LogP contribution in [0.15, 0.2) is 28.7 Å². The van der Waals surface area contributed by atoms with E-state index in [-0.39, 0.29) is 5.91 Å². The average Bonchev–Trinajstić information content (AvgIpc) is 2.30. The van der Waals surface area contributed by atoms with Gasteiger partial charge in [0, 0.05) is 17.6 Å². The normalized spacial score (nSPS) is 17.8. The second-order valence-corrected chi connectivity index (χ2v) is 6.00. The van der Waals surface area contributed by atoms with E-state index in [9.17, 15) is 9.90 Å². The third-order valence-electron chi connectivity index (χ3n) is 3.27. The van der Waals surface area contributed by atoms with Crippen LogP contribution in [0.1, 0.15) is 19.8 Å². The predicted octanol–water partition coefficient (Wildman–Crippen LogP) is 2.23. The van der Waals surface area contributed by atoms with E-state index in [0.29, 0.717) is 19.6 Å². The second kappa shape index (κ2) is 6.03. The van der Waals surface area contributed by atoms with Gasteiger partial charge < -0.3 is 10.4 Å². The number of amides is 1. The van der Waals surface area contributed by atoms with E-state index in [0.717, 1.165) is 23.0 Å². The van der Waals surface area contributed by atoms with Crippen LogP contribution >= 0.6 is 15.9 Å². The van der Waals surface area contributed by atoms with Crippen LogP contribution in [0.2, 0.25) is 0 Å². The molecule has 0 aliphatic carbocycles. The highest BCUT2D eigenvalue weighted by Crippen LogP contribution is 2.26. The van der Waals surface area contributed by atoms with Crippen molar-refractivity contribution >= 4 is 27.5 Å². The molecule has 1 saturated heterocycles. The van der Waals surface area contributed by atoms with E-state index < -0.39 is 5.60 Å². The minimum absolute atomic E-state index is 0.0505. The van der Waals surface area contributed by atoms with Crippen LogP contribution in [0.25, 0.3) is 0 Å². The van der Waals surface area contributed by atoms with Gasteiger partial charge in [0.1, 0.15) is 0 Å². The molecule has 2 N–H and O–H groups in total. The molecule has 1 fully saturated rings. The van der Waals surface area contributed by atoms with Gasteiger partial charge in [0.2, 0.25) is 5.91 Å². The Balaban J connectivity index is 1.79. The number of nitrogens with zero attached hydrogens (tertiary/aromatic N) is 1. The van der Waals surface area contributed by atoms with Gasteiger partial charge in [0.15, 0.2) is 0 Å². The minimum atomic E-state index is -0.581. The first-order valence-electron chi connectivity index (χ1n) is 6.51. The van der Waals surface area contributed by atoms with Crippen LogP contribution in [-0.4, -0.2) is 41.1 Å². The lowest BCUT2D eigenvalue weighted by Crippen LogP contribution is -2.62. The van der Waals surface area contributed by atoms with E-state index in [1.165, 1.54) is 0 Å². The zero-order chi connectivity index (χ0) is 13.9. The summed E-state index contributed by atoms with van der Waals surface area (Å²) >= 11 is 3.39. The summed E-state index contributed by atoms with van der Waals surface area (Å²) in [6.45, 7) is 3.56. The van der Waals surface area contributed by atoms with E-state index in [1.54, 1.807) is 0 Å². The van der Waals surface area contributed by atoms with Gasteiger partial charge >= 0.3 is 0 Å². The topological polar surface area (TPSA) is 52.6 Å². The van der Waals surface area contributed by atoms with Crippen molar-refractivity contribution in [3.63, 3.8) is 0 Å². The zero-order valence-corrected chi connectivity index (χ0v) is 12.6. The Kier molecular flexibility index (Phi) is 4.60. The van der Waals surface area contributed by atoms with Crippen LogP contribution in [0.3, 0.4) is 0 Å². The standard InChI is InChI=1S/C14H19BrN2O2/c1-2-7-14(19)9-17(10-14)8-13(18)16-12-6-4-3-5-11(12)15/h3-6,19H,2,7-10H2,1H3,(H,16,18). The van der Waals surface area contributed by atoms with Crippen molar-refractivity contribution in [1.82, 2.24) is 4.90 Å². The third-order valence-corrected chi connectivity index (χ3v) is 3.96. The second-order valence-electron chi connectivity index (χ2n) is 5.15. The fourth-order valence-electron chi connectivity index (χ4n) is 2.48. The highest BCUT2D eigenvalue weighted by Gasteiger charge is 2.40. The molecule has 1 amide bonds. The van der Waals surface area contributed by atoms with Gasteiger partial charge in [0.25, 0.3) is 0 Å². The van der Waals surface area contributed by atoms with Gasteiger partial charge in [-0.15, -0.1) is 0 Å². The average molecular weight is 327 g/mol. The maximum atomic E-state index is 11.9. The summed E-state index contributed by atoms with van der Waals surface area (Å²) in [5, 5.41) is 12.9. The molecular weight excluding hydrogens is 308 g/mol. The van der Waals surface area contributed by atoms with Crippen LogP contribution in [0.4, 0.5) is 5.69 Å². The van der Waals surface area contributed by atoms with E-state index >= 15 is 0 Å². The van der Waals surface area contributed by atoms with Gasteiger partial charge in [-0.2, -0.15) is 0 Å². The predicted molar refractivity (Wildman–Crippen MR) is 79.1 cm³/mol. The number of likely N-dealkylation sites (tertiary alicyclic amines) is 1. The van der Waals surface area contributed by atoms with Gasteiger partial charge in [-0.25, -0.2) is 0 Å². The lowest BCUT2D eigenvalue weighted by atomic mass is 9.89. The van der Waals surface area contributed by atoms with Crippen molar-refractivity contribution < 1.29 is 9.90 Å². The number of benzene rings is 1. The number of anilines is 1. The summed E-state index contributed by atoms with van der Waals surface area (Å²) in [5.41, 5.74) is 0.194. The third kappa shape index (κ3) is 3.78. The number of hydrogen-bond acceptors (Lipinski definition) is 3. The van der Waals surface area contributed by atoms with Crippen molar-refractivity contribution in [3.8, 4) is 0 Å². The van der Waals surface area contributed by atoms with Gasteiger partial charge in [0.05, 0.1) is 17.8 Å². The SMILES string of the molecule is CCCC1(O)CN(CC(=O)Nc2ccccc2Br)C1. The Morgan fingerprint density at radius 1 is 1.47 bits per heavy atom. The van der Waals surface area contributed by atoms with Crippen molar-refractivity contribution in [3.05, 3.63) is 28.7 Å². The molecular formula is C14H19BrN2O2. The molecule has 2 rings (SSSR count). The number of aliphatic hydroxyl groups is 1. The first-order valence-corrected chi connectivity index (χ1v) is 7.31. The number of halogens is 1. The van der Waals surface area contributed by atoms with E-state index in [1.807, 2.05) is 29.2 Å². The van der Waals surface area contributed by atoms with E-state index in [2.05, 4.69) is 28.2 Å². The summed E-state index contributed by atoms with van der Waals surface area (Å²) in [7, 11) is 0. The molecule has 104 valence electrons. The monoisotopic (exact) mass is 326 g/mol. The molecule has 0 unspecified atom stereocenters. The summed E-state index contributed by atoms with van der Waals surface area (Å²) in [4.78, 5) is 13.8. The molecule has 0 saturated carbocycles. The largest absolute Gasteiger partial charge is 0.387 e. The van der Waals surface area contributed by atoms with Crippen LogP contribution in [-0.2, 0) is 4.79 Å².